The molecule has 2 aromatic rings. The molecule has 1 aromatic carbocycles. The van der Waals surface area contributed by atoms with Crippen LogP contribution in [0.1, 0.15) is 42.6 Å². The Morgan fingerprint density at radius 3 is 2.62 bits per heavy atom. The molecule has 0 aliphatic carbocycles. The number of rotatable bonds is 8. The van der Waals surface area contributed by atoms with Gasteiger partial charge in [-0.15, -0.1) is 0 Å². The predicted molar refractivity (Wildman–Crippen MR) is 92.4 cm³/mol. The smallest absolute Gasteiger partial charge is 0.251 e. The molecule has 0 aliphatic rings. The number of amides is 2. The minimum Gasteiger partial charge on any atom is -0.352 e. The third-order valence-electron chi connectivity index (χ3n) is 3.82. The summed E-state index contributed by atoms with van der Waals surface area (Å²) < 4.78 is 1.73. The number of aromatic nitrogens is 2. The topological polar surface area (TPSA) is 76.0 Å². The van der Waals surface area contributed by atoms with Crippen molar-refractivity contribution < 1.29 is 9.59 Å². The van der Waals surface area contributed by atoms with Crippen LogP contribution >= 0.6 is 0 Å². The van der Waals surface area contributed by atoms with Gasteiger partial charge in [-0.05, 0) is 37.1 Å². The van der Waals surface area contributed by atoms with Crippen molar-refractivity contribution in [3.05, 3.63) is 53.9 Å². The first-order valence-electron chi connectivity index (χ1n) is 8.22. The summed E-state index contributed by atoms with van der Waals surface area (Å²) in [4.78, 5) is 23.8. The lowest BCUT2D eigenvalue weighted by atomic mass is 10.1. The molecular formula is C18H24N4O2. The molecule has 1 heterocycles. The fourth-order valence-electron chi connectivity index (χ4n) is 2.12. The summed E-state index contributed by atoms with van der Waals surface area (Å²) in [5, 5.41) is 9.86. The molecular weight excluding hydrogens is 304 g/mol. The molecule has 1 atom stereocenters. The van der Waals surface area contributed by atoms with Gasteiger partial charge in [0, 0.05) is 43.5 Å². The molecule has 2 N–H and O–H groups in total. The maximum atomic E-state index is 12.0. The van der Waals surface area contributed by atoms with E-state index in [1.807, 2.05) is 38.2 Å². The highest BCUT2D eigenvalue weighted by Gasteiger charge is 2.08. The second-order valence-electron chi connectivity index (χ2n) is 5.78. The van der Waals surface area contributed by atoms with Gasteiger partial charge in [0.1, 0.15) is 0 Å². The Morgan fingerprint density at radius 2 is 2.00 bits per heavy atom. The van der Waals surface area contributed by atoms with Gasteiger partial charge in [-0.3, -0.25) is 14.3 Å². The van der Waals surface area contributed by atoms with Crippen LogP contribution in [-0.2, 0) is 17.9 Å². The number of nitrogens with zero attached hydrogens (tertiary/aromatic N) is 2. The molecule has 0 spiro atoms. The molecule has 0 bridgehead atoms. The zero-order valence-corrected chi connectivity index (χ0v) is 14.2. The maximum Gasteiger partial charge on any atom is 0.251 e. The normalized spacial score (nSPS) is 11.8. The molecule has 0 saturated carbocycles. The molecule has 0 radical (unpaired) electrons. The van der Waals surface area contributed by atoms with Crippen molar-refractivity contribution >= 4 is 11.8 Å². The summed E-state index contributed by atoms with van der Waals surface area (Å²) in [7, 11) is 0. The zero-order chi connectivity index (χ0) is 17.4. The third kappa shape index (κ3) is 5.53. The van der Waals surface area contributed by atoms with Gasteiger partial charge >= 0.3 is 0 Å². The van der Waals surface area contributed by atoms with Crippen molar-refractivity contribution in [2.24, 2.45) is 0 Å². The minimum atomic E-state index is -0.0702. The van der Waals surface area contributed by atoms with E-state index in [0.29, 0.717) is 25.1 Å². The van der Waals surface area contributed by atoms with Crippen molar-refractivity contribution in [3.63, 3.8) is 0 Å². The summed E-state index contributed by atoms with van der Waals surface area (Å²) in [6, 6.07) is 9.27. The molecule has 6 heteroatoms. The summed E-state index contributed by atoms with van der Waals surface area (Å²) in [6.45, 7) is 5.02. The summed E-state index contributed by atoms with van der Waals surface area (Å²) in [5.41, 5.74) is 1.59. The first kappa shape index (κ1) is 17.7. The molecule has 6 nitrogen and oxygen atoms in total. The van der Waals surface area contributed by atoms with Gasteiger partial charge in [-0.2, -0.15) is 5.10 Å². The number of carbonyl (C=O) groups is 2. The molecule has 0 saturated heterocycles. The van der Waals surface area contributed by atoms with Crippen molar-refractivity contribution in [3.8, 4) is 0 Å². The Balaban J connectivity index is 1.76. The van der Waals surface area contributed by atoms with E-state index in [0.717, 1.165) is 12.0 Å². The van der Waals surface area contributed by atoms with Crippen LogP contribution in [-0.4, -0.2) is 27.6 Å². The highest BCUT2D eigenvalue weighted by Crippen LogP contribution is 2.05. The van der Waals surface area contributed by atoms with Gasteiger partial charge in [0.25, 0.3) is 5.91 Å². The molecule has 1 unspecified atom stereocenters. The number of hydrogen-bond donors (Lipinski definition) is 2. The second kappa shape index (κ2) is 8.86. The molecule has 128 valence electrons. The van der Waals surface area contributed by atoms with Gasteiger partial charge < -0.3 is 10.6 Å². The van der Waals surface area contributed by atoms with Crippen LogP contribution in [0, 0.1) is 0 Å². The quantitative estimate of drug-likeness (QED) is 0.779. The zero-order valence-electron chi connectivity index (χ0n) is 14.2. The first-order chi connectivity index (χ1) is 11.6. The average molecular weight is 328 g/mol. The van der Waals surface area contributed by atoms with E-state index in [1.54, 1.807) is 23.0 Å². The summed E-state index contributed by atoms with van der Waals surface area (Å²) in [6.07, 6.45) is 4.80. The number of benzene rings is 1. The Bertz CT molecular complexity index is 650. The van der Waals surface area contributed by atoms with Crippen LogP contribution in [0.3, 0.4) is 0 Å². The Kier molecular flexibility index (Phi) is 6.54. The van der Waals surface area contributed by atoms with Crippen LogP contribution in [0.5, 0.6) is 0 Å². The number of aryl methyl sites for hydroxylation is 1. The predicted octanol–water partition coefficient (Wildman–Crippen LogP) is 2.12. The highest BCUT2D eigenvalue weighted by atomic mass is 16.2. The standard InChI is InChI=1S/C18H24N4O2/c1-3-14(2)21-18(24)16-7-5-15(6-8-16)13-19-17(23)9-12-22-11-4-10-20-22/h4-8,10-11,14H,3,9,12-13H2,1-2H3,(H,19,23)(H,21,24). The maximum absolute atomic E-state index is 12.0. The van der Waals surface area contributed by atoms with E-state index < -0.39 is 0 Å². The molecule has 1 aromatic heterocycles. The van der Waals surface area contributed by atoms with Crippen LogP contribution in [0.15, 0.2) is 42.7 Å². The van der Waals surface area contributed by atoms with E-state index in [2.05, 4.69) is 15.7 Å². The Labute approximate surface area is 142 Å². The lowest BCUT2D eigenvalue weighted by molar-refractivity contribution is -0.121. The lowest BCUT2D eigenvalue weighted by Gasteiger charge is -2.11. The monoisotopic (exact) mass is 328 g/mol. The number of carbonyl (C=O) groups excluding carboxylic acids is 2. The molecule has 2 amide bonds. The Hall–Kier alpha value is -2.63. The lowest BCUT2D eigenvalue weighted by Crippen LogP contribution is -2.31. The SMILES string of the molecule is CCC(C)NC(=O)c1ccc(CNC(=O)CCn2cccn2)cc1. The van der Waals surface area contributed by atoms with E-state index in [-0.39, 0.29) is 17.9 Å². The molecule has 24 heavy (non-hydrogen) atoms. The van der Waals surface area contributed by atoms with Crippen LogP contribution < -0.4 is 10.6 Å². The van der Waals surface area contributed by atoms with Gasteiger partial charge in [0.15, 0.2) is 0 Å². The summed E-state index contributed by atoms with van der Waals surface area (Å²) >= 11 is 0. The second-order valence-corrected chi connectivity index (χ2v) is 5.78. The average Bonchev–Trinajstić information content (AvgIpc) is 3.12. The number of nitrogens with one attached hydrogen (secondary N) is 2. The van der Waals surface area contributed by atoms with Gasteiger partial charge in [0.05, 0.1) is 0 Å². The Morgan fingerprint density at radius 1 is 1.25 bits per heavy atom. The highest BCUT2D eigenvalue weighted by molar-refractivity contribution is 5.94. The fourth-order valence-corrected chi connectivity index (χ4v) is 2.12. The van der Waals surface area contributed by atoms with E-state index in [4.69, 9.17) is 0 Å². The van der Waals surface area contributed by atoms with Crippen LogP contribution in [0.4, 0.5) is 0 Å². The van der Waals surface area contributed by atoms with Crippen LogP contribution in [0.2, 0.25) is 0 Å². The van der Waals surface area contributed by atoms with Gasteiger partial charge in [-0.1, -0.05) is 19.1 Å². The van der Waals surface area contributed by atoms with Crippen molar-refractivity contribution in [1.82, 2.24) is 20.4 Å². The molecule has 0 fully saturated rings. The van der Waals surface area contributed by atoms with E-state index >= 15 is 0 Å². The minimum absolute atomic E-state index is 0.0240. The van der Waals surface area contributed by atoms with Crippen molar-refractivity contribution in [1.29, 1.82) is 0 Å². The third-order valence-corrected chi connectivity index (χ3v) is 3.82. The molecule has 0 aliphatic heterocycles. The van der Waals surface area contributed by atoms with E-state index in [9.17, 15) is 9.59 Å². The largest absolute Gasteiger partial charge is 0.352 e. The van der Waals surface area contributed by atoms with Crippen LogP contribution in [0.25, 0.3) is 0 Å². The van der Waals surface area contributed by atoms with E-state index in [1.165, 1.54) is 0 Å². The summed E-state index contributed by atoms with van der Waals surface area (Å²) in [5.74, 6) is -0.0942. The number of hydrogen-bond acceptors (Lipinski definition) is 3. The van der Waals surface area contributed by atoms with Gasteiger partial charge in [-0.25, -0.2) is 0 Å². The molecule has 2 rings (SSSR count). The van der Waals surface area contributed by atoms with Gasteiger partial charge in [0.2, 0.25) is 5.91 Å². The van der Waals surface area contributed by atoms with Crippen molar-refractivity contribution in [2.75, 3.05) is 0 Å². The van der Waals surface area contributed by atoms with Crippen molar-refractivity contribution in [2.45, 2.75) is 45.8 Å². The first-order valence-corrected chi connectivity index (χ1v) is 8.22. The fraction of sp³-hybridized carbons (Fsp3) is 0.389.